The summed E-state index contributed by atoms with van der Waals surface area (Å²) in [7, 11) is 0. The molecule has 0 saturated carbocycles. The average molecular weight is 281 g/mol. The monoisotopic (exact) mass is 281 g/mol. The van der Waals surface area contributed by atoms with E-state index in [4.69, 9.17) is 0 Å². The van der Waals surface area contributed by atoms with Crippen LogP contribution < -0.4 is 5.48 Å². The first-order chi connectivity index (χ1) is 8.74. The fourth-order valence-electron chi connectivity index (χ4n) is 2.16. The summed E-state index contributed by atoms with van der Waals surface area (Å²) in [6.45, 7) is -0.405. The quantitative estimate of drug-likeness (QED) is 0.840. The lowest BCUT2D eigenvalue weighted by atomic mass is 9.82. The van der Waals surface area contributed by atoms with E-state index in [0.29, 0.717) is 0 Å². The summed E-state index contributed by atoms with van der Waals surface area (Å²) in [5.41, 5.74) is -2.51. The Morgan fingerprint density at radius 2 is 1.95 bits per heavy atom. The molecule has 19 heavy (non-hydrogen) atoms. The van der Waals surface area contributed by atoms with Gasteiger partial charge in [0.05, 0.1) is 0 Å². The summed E-state index contributed by atoms with van der Waals surface area (Å²) in [5.74, 6) is -0.775. The molecule has 1 saturated heterocycles. The summed E-state index contributed by atoms with van der Waals surface area (Å²) in [6, 6.07) is 5.12. The van der Waals surface area contributed by atoms with Crippen LogP contribution in [0.15, 0.2) is 24.3 Å². The van der Waals surface area contributed by atoms with E-state index in [0.717, 1.165) is 13.0 Å². The zero-order valence-electron chi connectivity index (χ0n) is 10.0. The Morgan fingerprint density at radius 1 is 1.32 bits per heavy atom. The topological polar surface area (TPSA) is 21.3 Å². The Kier molecular flexibility index (Phi) is 3.30. The van der Waals surface area contributed by atoms with Crippen LogP contribution in [0.2, 0.25) is 0 Å². The minimum absolute atomic E-state index is 0.175. The molecular weight excluding hydrogens is 269 g/mol. The molecule has 1 aromatic rings. The van der Waals surface area contributed by atoms with E-state index in [1.807, 2.05) is 5.48 Å². The molecule has 1 fully saturated rings. The van der Waals surface area contributed by atoms with Crippen molar-refractivity contribution in [2.24, 2.45) is 0 Å². The molecule has 2 atom stereocenters. The van der Waals surface area contributed by atoms with Crippen molar-refractivity contribution in [1.82, 2.24) is 5.48 Å². The first-order valence-electron chi connectivity index (χ1n) is 5.57. The van der Waals surface area contributed by atoms with Gasteiger partial charge >= 0.3 is 6.18 Å². The summed E-state index contributed by atoms with van der Waals surface area (Å²) in [6.07, 6.45) is -5.41. The molecule has 0 amide bonds. The van der Waals surface area contributed by atoms with Gasteiger partial charge in [0.25, 0.3) is 0 Å². The van der Waals surface area contributed by atoms with Gasteiger partial charge in [-0.2, -0.15) is 18.7 Å². The van der Waals surface area contributed by atoms with Crippen molar-refractivity contribution in [3.05, 3.63) is 35.6 Å². The predicted octanol–water partition coefficient (Wildman–Crippen LogP) is 3.24. The lowest BCUT2D eigenvalue weighted by Gasteiger charge is -2.27. The lowest BCUT2D eigenvalue weighted by Crippen LogP contribution is -2.43. The van der Waals surface area contributed by atoms with E-state index in [-0.39, 0.29) is 5.56 Å². The minimum Gasteiger partial charge on any atom is -0.285 e. The van der Waals surface area contributed by atoms with Crippen molar-refractivity contribution in [3.63, 3.8) is 0 Å². The second-order valence-corrected chi connectivity index (χ2v) is 4.81. The maximum Gasteiger partial charge on any atom is 0.419 e. The molecule has 0 unspecified atom stereocenters. The maximum atomic E-state index is 13.7. The van der Waals surface area contributed by atoms with Gasteiger partial charge in [0.2, 0.25) is 0 Å². The summed E-state index contributed by atoms with van der Waals surface area (Å²) in [4.78, 5) is 4.54. The maximum absolute atomic E-state index is 13.7. The van der Waals surface area contributed by atoms with Gasteiger partial charge in [-0.25, -0.2) is 8.78 Å². The number of hydrogen-bond donors (Lipinski definition) is 1. The molecule has 1 N–H and O–H groups in total. The Morgan fingerprint density at radius 3 is 2.42 bits per heavy atom. The Hall–Kier alpha value is -1.21. The van der Waals surface area contributed by atoms with Crippen molar-refractivity contribution < 1.29 is 26.8 Å². The molecule has 2 rings (SSSR count). The summed E-state index contributed by atoms with van der Waals surface area (Å²) < 4.78 is 65.5. The van der Waals surface area contributed by atoms with Crippen LogP contribution in [0.1, 0.15) is 18.9 Å². The van der Waals surface area contributed by atoms with Gasteiger partial charge in [0, 0.05) is 12.0 Å². The third-order valence-corrected chi connectivity index (χ3v) is 3.33. The molecule has 1 aliphatic rings. The van der Waals surface area contributed by atoms with Crippen molar-refractivity contribution >= 4 is 0 Å². The molecule has 7 heteroatoms. The molecule has 2 nitrogen and oxygen atoms in total. The zero-order valence-corrected chi connectivity index (χ0v) is 10.0. The third kappa shape index (κ3) is 2.21. The van der Waals surface area contributed by atoms with Crippen molar-refractivity contribution in [3.8, 4) is 0 Å². The summed E-state index contributed by atoms with van der Waals surface area (Å²) in [5, 5.41) is 0. The highest BCUT2D eigenvalue weighted by atomic mass is 19.4. The molecule has 0 aliphatic carbocycles. The molecule has 0 aromatic heterocycles. The number of benzene rings is 1. The van der Waals surface area contributed by atoms with Crippen LogP contribution >= 0.6 is 0 Å². The highest BCUT2D eigenvalue weighted by Gasteiger charge is 2.62. The number of rotatable bonds is 2. The second-order valence-electron chi connectivity index (χ2n) is 4.81. The number of hydrogen-bond acceptors (Lipinski definition) is 2. The normalized spacial score (nSPS) is 31.7. The van der Waals surface area contributed by atoms with Crippen LogP contribution in [0.5, 0.6) is 0 Å². The number of nitrogens with one attached hydrogen (secondary N) is 1. The largest absolute Gasteiger partial charge is 0.419 e. The van der Waals surface area contributed by atoms with Crippen LogP contribution in [-0.4, -0.2) is 18.5 Å². The fraction of sp³-hybridized carbons (Fsp3) is 0.500. The molecule has 106 valence electrons. The van der Waals surface area contributed by atoms with Gasteiger partial charge in [0.1, 0.15) is 18.0 Å². The highest BCUT2D eigenvalue weighted by Crippen LogP contribution is 2.47. The van der Waals surface area contributed by atoms with Gasteiger partial charge in [-0.1, -0.05) is 18.2 Å². The molecule has 1 aliphatic heterocycles. The second kappa shape index (κ2) is 4.42. The van der Waals surface area contributed by atoms with E-state index in [1.165, 1.54) is 18.2 Å². The molecular formula is C12H12F5NO. The van der Waals surface area contributed by atoms with Crippen LogP contribution in [0.4, 0.5) is 22.0 Å². The Bertz CT molecular complexity index is 477. The van der Waals surface area contributed by atoms with Crippen molar-refractivity contribution in [2.45, 2.75) is 30.7 Å². The third-order valence-electron chi connectivity index (χ3n) is 3.33. The number of halogens is 5. The molecule has 0 bridgehead atoms. The first-order valence-corrected chi connectivity index (χ1v) is 5.57. The SMILES string of the molecule is C[C@@]1(C(F)(F)F)C[C@@](CF)(c2ccccc2F)NO1. The van der Waals surface area contributed by atoms with Crippen LogP contribution in [0.25, 0.3) is 0 Å². The zero-order chi connectivity index (χ0) is 14.3. The van der Waals surface area contributed by atoms with Gasteiger partial charge in [0.15, 0.2) is 5.60 Å². The van der Waals surface area contributed by atoms with Gasteiger partial charge in [-0.05, 0) is 13.0 Å². The van der Waals surface area contributed by atoms with E-state index in [1.54, 1.807) is 0 Å². The molecule has 1 heterocycles. The smallest absolute Gasteiger partial charge is 0.285 e. The van der Waals surface area contributed by atoms with Gasteiger partial charge in [-0.15, -0.1) is 0 Å². The van der Waals surface area contributed by atoms with E-state index < -0.39 is 36.2 Å². The van der Waals surface area contributed by atoms with E-state index in [2.05, 4.69) is 4.84 Å². The van der Waals surface area contributed by atoms with Crippen LogP contribution in [0, 0.1) is 5.82 Å². The van der Waals surface area contributed by atoms with Crippen molar-refractivity contribution in [1.29, 1.82) is 0 Å². The van der Waals surface area contributed by atoms with Crippen LogP contribution in [0.3, 0.4) is 0 Å². The minimum atomic E-state index is -4.68. The average Bonchev–Trinajstić information content (AvgIpc) is 2.70. The first kappa shape index (κ1) is 14.2. The van der Waals surface area contributed by atoms with E-state index in [9.17, 15) is 22.0 Å². The van der Waals surface area contributed by atoms with Crippen LogP contribution in [-0.2, 0) is 10.4 Å². The summed E-state index contributed by atoms with van der Waals surface area (Å²) >= 11 is 0. The highest BCUT2D eigenvalue weighted by molar-refractivity contribution is 5.28. The lowest BCUT2D eigenvalue weighted by molar-refractivity contribution is -0.268. The Balaban J connectivity index is 2.41. The molecule has 1 aromatic carbocycles. The molecule has 0 radical (unpaired) electrons. The Labute approximate surface area is 106 Å². The van der Waals surface area contributed by atoms with Crippen molar-refractivity contribution in [2.75, 3.05) is 6.67 Å². The fourth-order valence-corrected chi connectivity index (χ4v) is 2.16. The van der Waals surface area contributed by atoms with Gasteiger partial charge < -0.3 is 0 Å². The predicted molar refractivity (Wildman–Crippen MR) is 57.4 cm³/mol. The molecule has 0 spiro atoms. The van der Waals surface area contributed by atoms with Gasteiger partial charge in [-0.3, -0.25) is 4.84 Å². The number of hydroxylamine groups is 1. The van der Waals surface area contributed by atoms with E-state index >= 15 is 0 Å². The standard InChI is InChI=1S/C12H12F5NO/c1-10(12(15,16)17)6-11(7-13,18-19-10)8-4-2-3-5-9(8)14/h2-5,18H,6-7H2,1H3/t10-,11+/m0/s1. The number of alkyl halides is 4.